The molecule has 150 valence electrons. The summed E-state index contributed by atoms with van der Waals surface area (Å²) in [5.74, 6) is 1.18. The van der Waals surface area contributed by atoms with Crippen LogP contribution in [0.4, 0.5) is 4.79 Å². The molecule has 4 heterocycles. The van der Waals surface area contributed by atoms with Crippen LogP contribution in [0.2, 0.25) is 5.02 Å². The highest BCUT2D eigenvalue weighted by molar-refractivity contribution is 7.20. The molecule has 1 aromatic carbocycles. The van der Waals surface area contributed by atoms with E-state index in [1.807, 2.05) is 23.1 Å². The van der Waals surface area contributed by atoms with Crippen molar-refractivity contribution in [1.82, 2.24) is 19.8 Å². The Labute approximate surface area is 177 Å². The van der Waals surface area contributed by atoms with Gasteiger partial charge >= 0.3 is 6.03 Å². The molecule has 5 rings (SSSR count). The van der Waals surface area contributed by atoms with E-state index in [9.17, 15) is 4.79 Å². The standard InChI is InChI=1S/C20H20ClN5O2S/c1-11-15-10-26(19(22)27)16(11)9-25(15)8-12-2-4-14(5-3-12)28-20-24-18-17(29-20)6-13(21)7-23-18/h2-7,11,15-16H,8-10H2,1H3,(H2,22,27)/t11?,15?,16-/m1/s1. The summed E-state index contributed by atoms with van der Waals surface area (Å²) < 4.78 is 6.78. The van der Waals surface area contributed by atoms with E-state index in [0.717, 1.165) is 30.1 Å². The Morgan fingerprint density at radius 2 is 2.10 bits per heavy atom. The summed E-state index contributed by atoms with van der Waals surface area (Å²) in [5.41, 5.74) is 7.34. The van der Waals surface area contributed by atoms with E-state index in [1.165, 1.54) is 16.9 Å². The third-order valence-electron chi connectivity index (χ3n) is 5.88. The van der Waals surface area contributed by atoms with Gasteiger partial charge in [-0.1, -0.05) is 42.0 Å². The molecule has 2 unspecified atom stereocenters. The molecule has 2 N–H and O–H groups in total. The summed E-state index contributed by atoms with van der Waals surface area (Å²) in [6.07, 6.45) is 1.58. The highest BCUT2D eigenvalue weighted by Crippen LogP contribution is 2.37. The zero-order chi connectivity index (χ0) is 20.1. The number of nitrogens with zero attached hydrogens (tertiary/aromatic N) is 4. The van der Waals surface area contributed by atoms with Crippen molar-refractivity contribution >= 4 is 39.3 Å². The molecule has 2 saturated heterocycles. The molecule has 0 radical (unpaired) electrons. The SMILES string of the molecule is CC1C2CN(C(N)=O)[C@@H]1CN2Cc1ccc(Oc2nc3ncc(Cl)cc3s2)cc1. The molecule has 0 spiro atoms. The maximum absolute atomic E-state index is 11.6. The number of halogens is 1. The molecule has 3 aromatic rings. The predicted molar refractivity (Wildman–Crippen MR) is 112 cm³/mol. The monoisotopic (exact) mass is 429 g/mol. The third-order valence-corrected chi connectivity index (χ3v) is 6.96. The summed E-state index contributed by atoms with van der Waals surface area (Å²) in [6, 6.07) is 10.2. The molecule has 2 amide bonds. The zero-order valence-corrected chi connectivity index (χ0v) is 17.4. The number of aromatic nitrogens is 2. The van der Waals surface area contributed by atoms with Crippen LogP contribution >= 0.6 is 22.9 Å². The van der Waals surface area contributed by atoms with Gasteiger partial charge in [0.05, 0.1) is 15.8 Å². The Bertz CT molecular complexity index is 1070. The van der Waals surface area contributed by atoms with Crippen LogP contribution in [0.3, 0.4) is 0 Å². The van der Waals surface area contributed by atoms with Crippen LogP contribution in [-0.4, -0.2) is 51.0 Å². The Morgan fingerprint density at radius 3 is 2.79 bits per heavy atom. The van der Waals surface area contributed by atoms with Gasteiger partial charge in [0.15, 0.2) is 5.65 Å². The van der Waals surface area contributed by atoms with E-state index < -0.39 is 0 Å². The maximum atomic E-state index is 11.6. The quantitative estimate of drug-likeness (QED) is 0.683. The second-order valence-corrected chi connectivity index (χ2v) is 9.04. The largest absolute Gasteiger partial charge is 0.431 e. The molecule has 2 bridgehead atoms. The lowest BCUT2D eigenvalue weighted by Crippen LogP contribution is -2.50. The van der Waals surface area contributed by atoms with E-state index in [4.69, 9.17) is 22.1 Å². The van der Waals surface area contributed by atoms with Gasteiger partial charge in [0, 0.05) is 31.9 Å². The first-order valence-electron chi connectivity index (χ1n) is 9.47. The van der Waals surface area contributed by atoms with Crippen molar-refractivity contribution in [3.05, 3.63) is 47.1 Å². The molecule has 2 fully saturated rings. The van der Waals surface area contributed by atoms with Gasteiger partial charge in [-0.25, -0.2) is 9.78 Å². The lowest BCUT2D eigenvalue weighted by Gasteiger charge is -2.33. The van der Waals surface area contributed by atoms with Gasteiger partial charge in [-0.3, -0.25) is 4.90 Å². The van der Waals surface area contributed by atoms with Crippen molar-refractivity contribution in [1.29, 1.82) is 0 Å². The number of benzene rings is 1. The van der Waals surface area contributed by atoms with Crippen molar-refractivity contribution in [2.24, 2.45) is 11.7 Å². The number of amides is 2. The topological polar surface area (TPSA) is 84.6 Å². The van der Waals surface area contributed by atoms with Crippen LogP contribution in [0.1, 0.15) is 12.5 Å². The number of piperazine rings is 1. The van der Waals surface area contributed by atoms with Crippen molar-refractivity contribution in [3.63, 3.8) is 0 Å². The van der Waals surface area contributed by atoms with Gasteiger partial charge in [-0.05, 0) is 29.7 Å². The number of thiazole rings is 1. The van der Waals surface area contributed by atoms with Crippen LogP contribution in [0.25, 0.3) is 10.3 Å². The molecule has 2 aliphatic heterocycles. The van der Waals surface area contributed by atoms with Crippen molar-refractivity contribution in [3.8, 4) is 10.9 Å². The van der Waals surface area contributed by atoms with Gasteiger partial charge in [-0.15, -0.1) is 0 Å². The molecule has 2 aromatic heterocycles. The van der Waals surface area contributed by atoms with Crippen molar-refractivity contribution < 1.29 is 9.53 Å². The highest BCUT2D eigenvalue weighted by Gasteiger charge is 2.50. The van der Waals surface area contributed by atoms with E-state index >= 15 is 0 Å². The van der Waals surface area contributed by atoms with Gasteiger partial charge < -0.3 is 15.4 Å². The van der Waals surface area contributed by atoms with Gasteiger partial charge in [0.25, 0.3) is 5.19 Å². The number of urea groups is 1. The van der Waals surface area contributed by atoms with Crippen LogP contribution in [-0.2, 0) is 6.54 Å². The Balaban J connectivity index is 1.24. The lowest BCUT2D eigenvalue weighted by molar-refractivity contribution is 0.137. The minimum Gasteiger partial charge on any atom is -0.431 e. The number of fused-ring (bicyclic) bond motifs is 3. The van der Waals surface area contributed by atoms with Crippen LogP contribution in [0.5, 0.6) is 10.9 Å². The third kappa shape index (κ3) is 3.41. The Kier molecular flexibility index (Phi) is 4.57. The summed E-state index contributed by atoms with van der Waals surface area (Å²) in [5, 5.41) is 1.13. The highest BCUT2D eigenvalue weighted by atomic mass is 35.5. The summed E-state index contributed by atoms with van der Waals surface area (Å²) >= 11 is 7.39. The van der Waals surface area contributed by atoms with Gasteiger partial charge in [0.2, 0.25) is 0 Å². The van der Waals surface area contributed by atoms with E-state index in [2.05, 4.69) is 33.9 Å². The minimum atomic E-state index is -0.308. The second-order valence-electron chi connectivity index (χ2n) is 7.61. The average Bonchev–Trinajstić information content (AvgIpc) is 3.33. The lowest BCUT2D eigenvalue weighted by atomic mass is 10.0. The van der Waals surface area contributed by atoms with Gasteiger partial charge in [-0.2, -0.15) is 4.98 Å². The predicted octanol–water partition coefficient (Wildman–Crippen LogP) is 3.72. The number of carbonyl (C=O) groups is 1. The summed E-state index contributed by atoms with van der Waals surface area (Å²) in [7, 11) is 0. The minimum absolute atomic E-state index is 0.223. The zero-order valence-electron chi connectivity index (χ0n) is 15.8. The molecular formula is C20H20ClN5O2S. The number of likely N-dealkylation sites (tertiary alicyclic amines) is 2. The molecule has 29 heavy (non-hydrogen) atoms. The second kappa shape index (κ2) is 7.12. The Hall–Kier alpha value is -2.42. The first kappa shape index (κ1) is 18.6. The number of hydrogen-bond donors (Lipinski definition) is 1. The molecule has 3 atom stereocenters. The number of ether oxygens (including phenoxy) is 1. The smallest absolute Gasteiger partial charge is 0.315 e. The van der Waals surface area contributed by atoms with E-state index in [0.29, 0.717) is 27.8 Å². The van der Waals surface area contributed by atoms with Crippen molar-refractivity contribution in [2.75, 3.05) is 13.1 Å². The number of primary amides is 1. The molecule has 7 nitrogen and oxygen atoms in total. The van der Waals surface area contributed by atoms with Gasteiger partial charge in [0.1, 0.15) is 5.75 Å². The fourth-order valence-corrected chi connectivity index (χ4v) is 5.44. The first-order chi connectivity index (χ1) is 14.0. The normalized spacial score (nSPS) is 23.8. The first-order valence-corrected chi connectivity index (χ1v) is 10.7. The van der Waals surface area contributed by atoms with Crippen LogP contribution in [0.15, 0.2) is 36.5 Å². The number of hydrogen-bond acceptors (Lipinski definition) is 6. The maximum Gasteiger partial charge on any atom is 0.315 e. The van der Waals surface area contributed by atoms with Crippen LogP contribution < -0.4 is 10.5 Å². The molecular weight excluding hydrogens is 410 g/mol. The van der Waals surface area contributed by atoms with E-state index in [1.54, 1.807) is 6.20 Å². The number of carbonyl (C=O) groups excluding carboxylic acids is 1. The molecule has 9 heteroatoms. The Morgan fingerprint density at radius 1 is 1.31 bits per heavy atom. The average molecular weight is 430 g/mol. The van der Waals surface area contributed by atoms with Crippen molar-refractivity contribution in [2.45, 2.75) is 25.6 Å². The number of rotatable bonds is 4. The van der Waals surface area contributed by atoms with Crippen LogP contribution in [0, 0.1) is 5.92 Å². The summed E-state index contributed by atoms with van der Waals surface area (Å²) in [6.45, 7) is 4.64. The van der Waals surface area contributed by atoms with E-state index in [-0.39, 0.29) is 12.1 Å². The molecule has 2 aliphatic rings. The summed E-state index contributed by atoms with van der Waals surface area (Å²) in [4.78, 5) is 24.4. The number of nitrogens with two attached hydrogens (primary N) is 1. The fourth-order valence-electron chi connectivity index (χ4n) is 4.38. The molecule has 0 saturated carbocycles. The fraction of sp³-hybridized carbons (Fsp3) is 0.350. The molecule has 0 aliphatic carbocycles. The number of pyridine rings is 1.